The molecule has 0 bridgehead atoms. The van der Waals surface area contributed by atoms with Crippen LogP contribution in [0.2, 0.25) is 0 Å². The van der Waals surface area contributed by atoms with E-state index in [1.807, 2.05) is 6.92 Å². The minimum atomic E-state index is -1.58. The lowest BCUT2D eigenvalue weighted by atomic mass is 10.0. The molecule has 1 saturated heterocycles. The highest BCUT2D eigenvalue weighted by atomic mass is 19.1. The smallest absolute Gasteiger partial charge is 0.221 e. The predicted octanol–water partition coefficient (Wildman–Crippen LogP) is 4.38. The number of carbonyl (C=O) groups is 1. The Morgan fingerprint density at radius 1 is 1.22 bits per heavy atom. The van der Waals surface area contributed by atoms with E-state index in [4.69, 9.17) is 14.0 Å². The molecule has 32 heavy (non-hydrogen) atoms. The summed E-state index contributed by atoms with van der Waals surface area (Å²) in [5.41, 5.74) is 1.63. The average Bonchev–Trinajstić information content (AvgIpc) is 3.24. The quantitative estimate of drug-likeness (QED) is 0.409. The summed E-state index contributed by atoms with van der Waals surface area (Å²) in [6, 6.07) is 8.96. The van der Waals surface area contributed by atoms with Crippen molar-refractivity contribution >= 4 is 16.8 Å². The van der Waals surface area contributed by atoms with Gasteiger partial charge in [-0.3, -0.25) is 9.69 Å². The zero-order chi connectivity index (χ0) is 22.7. The first-order valence-electron chi connectivity index (χ1n) is 10.9. The molecule has 170 valence electrons. The van der Waals surface area contributed by atoms with Crippen molar-refractivity contribution in [1.82, 2.24) is 10.1 Å². The highest BCUT2D eigenvalue weighted by Crippen LogP contribution is 2.35. The number of piperidine rings is 1. The summed E-state index contributed by atoms with van der Waals surface area (Å²) >= 11 is 0. The second kappa shape index (κ2) is 9.77. The van der Waals surface area contributed by atoms with Crippen LogP contribution in [0.3, 0.4) is 0 Å². The van der Waals surface area contributed by atoms with Crippen LogP contribution in [0.1, 0.15) is 43.0 Å². The van der Waals surface area contributed by atoms with Gasteiger partial charge in [-0.25, -0.2) is 4.39 Å². The number of hydrogen-bond acceptors (Lipinski definition) is 7. The fourth-order valence-corrected chi connectivity index (χ4v) is 4.15. The van der Waals surface area contributed by atoms with Gasteiger partial charge in [0.25, 0.3) is 0 Å². The van der Waals surface area contributed by atoms with Crippen LogP contribution in [-0.4, -0.2) is 53.7 Å². The van der Waals surface area contributed by atoms with Gasteiger partial charge < -0.3 is 19.1 Å². The van der Waals surface area contributed by atoms with E-state index in [-0.39, 0.29) is 11.8 Å². The molecule has 2 heterocycles. The second-order valence-electron chi connectivity index (χ2n) is 7.90. The third kappa shape index (κ3) is 4.53. The van der Waals surface area contributed by atoms with Gasteiger partial charge in [0.1, 0.15) is 23.5 Å². The van der Waals surface area contributed by atoms with Crippen LogP contribution in [0.5, 0.6) is 5.75 Å². The molecule has 3 aromatic rings. The molecular weight excluding hydrogens is 415 g/mol. The van der Waals surface area contributed by atoms with Crippen molar-refractivity contribution in [2.45, 2.75) is 45.1 Å². The largest absolute Gasteiger partial charge is 0.496 e. The maximum atomic E-state index is 13.5. The molecule has 0 saturated carbocycles. The van der Waals surface area contributed by atoms with E-state index in [9.17, 15) is 14.3 Å². The standard InChI is InChI=1S/C24H27FN2O5/c1-3-21(27-11-5-4-6-12-27)31-24(29)23(28)15-7-9-17(19(13-15)30-2)22-18-10-8-16(25)14-20(18)32-26-22/h7-10,13-14,21,24,29H,3-6,11-12H2,1-2H3. The molecule has 1 fully saturated rings. The van der Waals surface area contributed by atoms with Crippen molar-refractivity contribution in [3.05, 3.63) is 47.8 Å². The maximum absolute atomic E-state index is 13.5. The Morgan fingerprint density at radius 2 is 2.00 bits per heavy atom. The fourth-order valence-electron chi connectivity index (χ4n) is 4.15. The highest BCUT2D eigenvalue weighted by molar-refractivity contribution is 6.00. The maximum Gasteiger partial charge on any atom is 0.221 e. The molecular formula is C24H27FN2O5. The minimum Gasteiger partial charge on any atom is -0.496 e. The molecule has 0 spiro atoms. The van der Waals surface area contributed by atoms with E-state index >= 15 is 0 Å². The molecule has 1 aromatic heterocycles. The summed E-state index contributed by atoms with van der Waals surface area (Å²) < 4.78 is 29.9. The normalized spacial score (nSPS) is 16.8. The van der Waals surface area contributed by atoms with Crippen LogP contribution >= 0.6 is 0 Å². The van der Waals surface area contributed by atoms with Crippen molar-refractivity contribution in [1.29, 1.82) is 0 Å². The lowest BCUT2D eigenvalue weighted by molar-refractivity contribution is -0.163. The molecule has 2 aromatic carbocycles. The Balaban J connectivity index is 1.55. The van der Waals surface area contributed by atoms with E-state index < -0.39 is 17.9 Å². The minimum absolute atomic E-state index is 0.255. The number of halogens is 1. The first kappa shape index (κ1) is 22.4. The average molecular weight is 442 g/mol. The van der Waals surface area contributed by atoms with E-state index in [0.717, 1.165) is 25.9 Å². The Labute approximate surface area is 185 Å². The summed E-state index contributed by atoms with van der Waals surface area (Å²) in [6.07, 6.45) is 2.16. The number of aliphatic hydroxyl groups excluding tert-OH is 1. The topological polar surface area (TPSA) is 85.0 Å². The van der Waals surface area contributed by atoms with Crippen LogP contribution in [0.15, 0.2) is 40.9 Å². The molecule has 2 unspecified atom stereocenters. The van der Waals surface area contributed by atoms with Crippen molar-refractivity contribution in [2.24, 2.45) is 0 Å². The molecule has 1 aliphatic heterocycles. The number of rotatable bonds is 8. The summed E-state index contributed by atoms with van der Waals surface area (Å²) in [5.74, 6) is -0.583. The van der Waals surface area contributed by atoms with Gasteiger partial charge in [-0.2, -0.15) is 0 Å². The van der Waals surface area contributed by atoms with E-state index in [1.165, 1.54) is 31.7 Å². The second-order valence-corrected chi connectivity index (χ2v) is 7.90. The van der Waals surface area contributed by atoms with Crippen LogP contribution < -0.4 is 4.74 Å². The number of fused-ring (bicyclic) bond motifs is 1. The highest BCUT2D eigenvalue weighted by Gasteiger charge is 2.27. The third-order valence-corrected chi connectivity index (χ3v) is 5.83. The Kier molecular flexibility index (Phi) is 6.83. The number of Topliss-reactive ketones (excluding diaryl/α,β-unsaturated/α-hetero) is 1. The zero-order valence-electron chi connectivity index (χ0n) is 18.2. The Hall–Kier alpha value is -2.81. The zero-order valence-corrected chi connectivity index (χ0v) is 18.2. The van der Waals surface area contributed by atoms with E-state index in [2.05, 4.69) is 10.1 Å². The molecule has 1 aliphatic rings. The number of nitrogens with zero attached hydrogens (tertiary/aromatic N) is 2. The number of ketones is 1. The van der Waals surface area contributed by atoms with Gasteiger partial charge in [0, 0.05) is 30.3 Å². The van der Waals surface area contributed by atoms with Gasteiger partial charge in [0.05, 0.1) is 12.5 Å². The number of carbonyl (C=O) groups excluding carboxylic acids is 1. The predicted molar refractivity (Wildman–Crippen MR) is 117 cm³/mol. The monoisotopic (exact) mass is 442 g/mol. The number of ether oxygens (including phenoxy) is 2. The number of aliphatic hydroxyl groups is 1. The third-order valence-electron chi connectivity index (χ3n) is 5.83. The molecule has 0 radical (unpaired) electrons. The number of hydrogen-bond donors (Lipinski definition) is 1. The first-order valence-corrected chi connectivity index (χ1v) is 10.9. The number of likely N-dealkylation sites (tertiary alicyclic amines) is 1. The number of aromatic nitrogens is 1. The van der Waals surface area contributed by atoms with Crippen LogP contribution in [0.4, 0.5) is 4.39 Å². The van der Waals surface area contributed by atoms with Gasteiger partial charge in [-0.05, 0) is 43.5 Å². The lowest BCUT2D eigenvalue weighted by Gasteiger charge is -2.34. The molecule has 7 nitrogen and oxygen atoms in total. The van der Waals surface area contributed by atoms with Crippen LogP contribution in [0, 0.1) is 5.82 Å². The molecule has 0 aliphatic carbocycles. The molecule has 0 amide bonds. The Bertz CT molecular complexity index is 1090. The van der Waals surface area contributed by atoms with Gasteiger partial charge >= 0.3 is 0 Å². The summed E-state index contributed by atoms with van der Waals surface area (Å²) in [6.45, 7) is 3.78. The van der Waals surface area contributed by atoms with Gasteiger partial charge in [-0.1, -0.05) is 24.6 Å². The van der Waals surface area contributed by atoms with E-state index in [0.29, 0.717) is 34.4 Å². The van der Waals surface area contributed by atoms with Gasteiger partial charge in [0.15, 0.2) is 5.58 Å². The van der Waals surface area contributed by atoms with Crippen molar-refractivity contribution < 1.29 is 28.3 Å². The van der Waals surface area contributed by atoms with Crippen molar-refractivity contribution in [3.63, 3.8) is 0 Å². The SMILES string of the molecule is CCC(OC(O)C(=O)c1ccc(-c2noc3cc(F)ccc23)c(OC)c1)N1CCCCC1. The summed E-state index contributed by atoms with van der Waals surface area (Å²) in [4.78, 5) is 15.0. The molecule has 4 rings (SSSR count). The summed E-state index contributed by atoms with van der Waals surface area (Å²) in [7, 11) is 1.48. The molecule has 2 atom stereocenters. The van der Waals surface area contributed by atoms with Crippen molar-refractivity contribution in [3.8, 4) is 17.0 Å². The first-order chi connectivity index (χ1) is 15.5. The summed E-state index contributed by atoms with van der Waals surface area (Å²) in [5, 5.41) is 15.2. The van der Waals surface area contributed by atoms with Crippen LogP contribution in [0.25, 0.3) is 22.2 Å². The number of methoxy groups -OCH3 is 1. The van der Waals surface area contributed by atoms with Crippen molar-refractivity contribution in [2.75, 3.05) is 20.2 Å². The fraction of sp³-hybridized carbons (Fsp3) is 0.417. The molecule has 8 heteroatoms. The van der Waals surface area contributed by atoms with Gasteiger partial charge in [0.2, 0.25) is 12.1 Å². The lowest BCUT2D eigenvalue weighted by Crippen LogP contribution is -2.43. The Morgan fingerprint density at radius 3 is 2.72 bits per heavy atom. The number of benzene rings is 2. The molecule has 1 N–H and O–H groups in total. The van der Waals surface area contributed by atoms with Crippen LogP contribution in [-0.2, 0) is 4.74 Å². The van der Waals surface area contributed by atoms with E-state index in [1.54, 1.807) is 18.2 Å². The van der Waals surface area contributed by atoms with Gasteiger partial charge in [-0.15, -0.1) is 0 Å².